The molecule has 0 aliphatic heterocycles. The number of rotatable bonds is 5. The van der Waals surface area contributed by atoms with E-state index in [1.54, 1.807) is 23.5 Å². The first kappa shape index (κ1) is 13.8. The number of ether oxygens (including phenoxy) is 1. The standard InChI is InChI=1S/C14H15F2NOS/c1-9-6-7-19-13(9)10(2)17-11-4-3-5-12(8-11)18-14(15)16/h3-8,10,14,17H,1-2H3. The van der Waals surface area contributed by atoms with E-state index in [1.165, 1.54) is 16.5 Å². The van der Waals surface area contributed by atoms with Gasteiger partial charge in [-0.15, -0.1) is 11.3 Å². The lowest BCUT2D eigenvalue weighted by Gasteiger charge is -2.15. The molecule has 5 heteroatoms. The lowest BCUT2D eigenvalue weighted by Crippen LogP contribution is -2.07. The summed E-state index contributed by atoms with van der Waals surface area (Å²) in [5.74, 6) is 0.162. The summed E-state index contributed by atoms with van der Waals surface area (Å²) in [6, 6.07) is 8.80. The van der Waals surface area contributed by atoms with Crippen molar-refractivity contribution in [3.05, 3.63) is 46.2 Å². The van der Waals surface area contributed by atoms with E-state index in [4.69, 9.17) is 0 Å². The molecule has 1 heterocycles. The van der Waals surface area contributed by atoms with Crippen LogP contribution >= 0.6 is 11.3 Å². The van der Waals surface area contributed by atoms with Crippen LogP contribution < -0.4 is 10.1 Å². The Labute approximate surface area is 115 Å². The molecule has 1 aromatic carbocycles. The molecule has 2 rings (SSSR count). The van der Waals surface area contributed by atoms with Crippen LogP contribution in [-0.4, -0.2) is 6.61 Å². The summed E-state index contributed by atoms with van der Waals surface area (Å²) >= 11 is 1.68. The van der Waals surface area contributed by atoms with Crippen LogP contribution in [-0.2, 0) is 0 Å². The molecule has 0 aliphatic rings. The molecule has 2 aromatic rings. The van der Waals surface area contributed by atoms with E-state index in [-0.39, 0.29) is 11.8 Å². The van der Waals surface area contributed by atoms with Crippen molar-refractivity contribution in [2.45, 2.75) is 26.5 Å². The topological polar surface area (TPSA) is 21.3 Å². The third kappa shape index (κ3) is 3.67. The van der Waals surface area contributed by atoms with Crippen LogP contribution in [0.1, 0.15) is 23.4 Å². The molecule has 0 saturated heterocycles. The van der Waals surface area contributed by atoms with Crippen LogP contribution in [0.3, 0.4) is 0 Å². The van der Waals surface area contributed by atoms with Gasteiger partial charge >= 0.3 is 6.61 Å². The second-order valence-electron chi connectivity index (χ2n) is 4.24. The van der Waals surface area contributed by atoms with E-state index in [2.05, 4.69) is 23.0 Å². The molecule has 1 unspecified atom stereocenters. The van der Waals surface area contributed by atoms with E-state index in [0.717, 1.165) is 5.69 Å². The summed E-state index contributed by atoms with van der Waals surface area (Å²) < 4.78 is 28.7. The Morgan fingerprint density at radius 2 is 2.05 bits per heavy atom. The van der Waals surface area contributed by atoms with Crippen LogP contribution in [0.4, 0.5) is 14.5 Å². The molecular formula is C14H15F2NOS. The zero-order chi connectivity index (χ0) is 13.8. The number of halogens is 2. The molecule has 1 atom stereocenters. The number of benzene rings is 1. The summed E-state index contributed by atoms with van der Waals surface area (Å²) in [5.41, 5.74) is 1.99. The normalized spacial score (nSPS) is 12.5. The Hall–Kier alpha value is -1.62. The highest BCUT2D eigenvalue weighted by Gasteiger charge is 2.10. The molecule has 0 saturated carbocycles. The van der Waals surface area contributed by atoms with Crippen molar-refractivity contribution in [1.29, 1.82) is 0 Å². The lowest BCUT2D eigenvalue weighted by molar-refractivity contribution is -0.0498. The van der Waals surface area contributed by atoms with E-state index < -0.39 is 6.61 Å². The lowest BCUT2D eigenvalue weighted by atomic mass is 10.2. The minimum atomic E-state index is -2.80. The fourth-order valence-electron chi connectivity index (χ4n) is 1.91. The number of hydrogen-bond acceptors (Lipinski definition) is 3. The van der Waals surface area contributed by atoms with E-state index in [1.807, 2.05) is 18.4 Å². The molecule has 0 bridgehead atoms. The third-order valence-electron chi connectivity index (χ3n) is 2.74. The fourth-order valence-corrected chi connectivity index (χ4v) is 2.84. The van der Waals surface area contributed by atoms with Crippen molar-refractivity contribution in [3.8, 4) is 5.75 Å². The van der Waals surface area contributed by atoms with Crippen molar-refractivity contribution in [3.63, 3.8) is 0 Å². The van der Waals surface area contributed by atoms with Crippen LogP contribution in [0.25, 0.3) is 0 Å². The van der Waals surface area contributed by atoms with Gasteiger partial charge in [0.05, 0.1) is 6.04 Å². The average molecular weight is 283 g/mol. The third-order valence-corrected chi connectivity index (χ3v) is 3.94. The minimum absolute atomic E-state index is 0.127. The molecule has 1 N–H and O–H groups in total. The second kappa shape index (κ2) is 6.02. The number of anilines is 1. The Morgan fingerprint density at radius 1 is 1.26 bits per heavy atom. The van der Waals surface area contributed by atoms with Crippen LogP contribution in [0, 0.1) is 6.92 Å². The Bertz CT molecular complexity index is 542. The van der Waals surface area contributed by atoms with Crippen LogP contribution in [0.15, 0.2) is 35.7 Å². The molecule has 0 aliphatic carbocycles. The zero-order valence-electron chi connectivity index (χ0n) is 10.7. The quantitative estimate of drug-likeness (QED) is 0.848. The second-order valence-corrected chi connectivity index (χ2v) is 5.19. The molecule has 0 spiro atoms. The molecule has 19 heavy (non-hydrogen) atoms. The van der Waals surface area contributed by atoms with Gasteiger partial charge in [0.2, 0.25) is 0 Å². The summed E-state index contributed by atoms with van der Waals surface area (Å²) in [6.07, 6.45) is 0. The van der Waals surface area contributed by atoms with Gasteiger partial charge in [-0.25, -0.2) is 0 Å². The predicted molar refractivity (Wildman–Crippen MR) is 74.2 cm³/mol. The number of alkyl halides is 2. The summed E-state index contributed by atoms with van der Waals surface area (Å²) in [7, 11) is 0. The smallest absolute Gasteiger partial charge is 0.387 e. The highest BCUT2D eigenvalue weighted by molar-refractivity contribution is 7.10. The Morgan fingerprint density at radius 3 is 2.68 bits per heavy atom. The average Bonchev–Trinajstić information content (AvgIpc) is 2.75. The molecular weight excluding hydrogens is 268 g/mol. The first-order valence-corrected chi connectivity index (χ1v) is 6.79. The Balaban J connectivity index is 2.09. The van der Waals surface area contributed by atoms with E-state index >= 15 is 0 Å². The monoisotopic (exact) mass is 283 g/mol. The van der Waals surface area contributed by atoms with Gasteiger partial charge in [-0.2, -0.15) is 8.78 Å². The van der Waals surface area contributed by atoms with Gasteiger partial charge in [0, 0.05) is 16.6 Å². The number of thiophene rings is 1. The van der Waals surface area contributed by atoms with Gasteiger partial charge in [0.1, 0.15) is 5.75 Å². The molecule has 0 radical (unpaired) electrons. The van der Waals surface area contributed by atoms with Crippen molar-refractivity contribution in [1.82, 2.24) is 0 Å². The maximum atomic E-state index is 12.1. The maximum Gasteiger partial charge on any atom is 0.387 e. The Kier molecular flexibility index (Phi) is 4.37. The highest BCUT2D eigenvalue weighted by Crippen LogP contribution is 2.28. The van der Waals surface area contributed by atoms with Gasteiger partial charge in [-0.05, 0) is 43.0 Å². The first-order chi connectivity index (χ1) is 9.06. The van der Waals surface area contributed by atoms with Gasteiger partial charge in [0.15, 0.2) is 0 Å². The molecule has 1 aromatic heterocycles. The van der Waals surface area contributed by atoms with Gasteiger partial charge in [-0.3, -0.25) is 0 Å². The predicted octanol–water partition coefficient (Wildman–Crippen LogP) is 4.83. The van der Waals surface area contributed by atoms with Crippen molar-refractivity contribution in [2.75, 3.05) is 5.32 Å². The molecule has 0 amide bonds. The number of hydrogen-bond donors (Lipinski definition) is 1. The van der Waals surface area contributed by atoms with Crippen molar-refractivity contribution >= 4 is 17.0 Å². The van der Waals surface area contributed by atoms with E-state index in [0.29, 0.717) is 0 Å². The molecule has 102 valence electrons. The van der Waals surface area contributed by atoms with E-state index in [9.17, 15) is 8.78 Å². The number of aryl methyl sites for hydroxylation is 1. The van der Waals surface area contributed by atoms with Crippen molar-refractivity contribution < 1.29 is 13.5 Å². The molecule has 0 fully saturated rings. The zero-order valence-corrected chi connectivity index (χ0v) is 11.5. The first-order valence-electron chi connectivity index (χ1n) is 5.91. The van der Waals surface area contributed by atoms with Gasteiger partial charge < -0.3 is 10.1 Å². The summed E-state index contributed by atoms with van der Waals surface area (Å²) in [5, 5.41) is 5.33. The number of nitrogens with one attached hydrogen (secondary N) is 1. The molecule has 2 nitrogen and oxygen atoms in total. The van der Waals surface area contributed by atoms with Crippen LogP contribution in [0.5, 0.6) is 5.75 Å². The largest absolute Gasteiger partial charge is 0.435 e. The highest BCUT2D eigenvalue weighted by atomic mass is 32.1. The van der Waals surface area contributed by atoms with Gasteiger partial charge in [0.25, 0.3) is 0 Å². The maximum absolute atomic E-state index is 12.1. The SMILES string of the molecule is Cc1ccsc1C(C)Nc1cccc(OC(F)F)c1. The minimum Gasteiger partial charge on any atom is -0.435 e. The van der Waals surface area contributed by atoms with Crippen LogP contribution in [0.2, 0.25) is 0 Å². The van der Waals surface area contributed by atoms with Gasteiger partial charge in [-0.1, -0.05) is 6.07 Å². The fraction of sp³-hybridized carbons (Fsp3) is 0.286. The van der Waals surface area contributed by atoms with Crippen molar-refractivity contribution in [2.24, 2.45) is 0 Å². The summed E-state index contributed by atoms with van der Waals surface area (Å²) in [6.45, 7) is 1.30. The summed E-state index contributed by atoms with van der Waals surface area (Å²) in [4.78, 5) is 1.24.